The zero-order valence-corrected chi connectivity index (χ0v) is 15.3. The van der Waals surface area contributed by atoms with Gasteiger partial charge >= 0.3 is 0 Å². The minimum Gasteiger partial charge on any atom is -0.375 e. The van der Waals surface area contributed by atoms with Gasteiger partial charge in [0.05, 0.1) is 0 Å². The number of nitrogens with two attached hydrogens (primary N) is 1. The minimum atomic E-state index is -2.83. The van der Waals surface area contributed by atoms with Crippen LogP contribution in [0.5, 0.6) is 0 Å². The Bertz CT molecular complexity index is 644. The van der Waals surface area contributed by atoms with Crippen molar-refractivity contribution in [2.75, 3.05) is 19.6 Å². The quantitative estimate of drug-likeness (QED) is 0.861. The maximum Gasteiger partial charge on any atom is 0.259 e. The number of carbonyl (C=O) groups is 1. The van der Waals surface area contributed by atoms with Crippen molar-refractivity contribution < 1.29 is 18.7 Å². The zero-order chi connectivity index (χ0) is 19.0. The third-order valence-corrected chi connectivity index (χ3v) is 6.28. The van der Waals surface area contributed by atoms with Gasteiger partial charge in [-0.15, -0.1) is 0 Å². The zero-order valence-electron chi connectivity index (χ0n) is 15.3. The molecule has 1 aliphatic heterocycles. The summed E-state index contributed by atoms with van der Waals surface area (Å²) < 4.78 is 27.7. The smallest absolute Gasteiger partial charge is 0.259 e. The molecule has 1 saturated carbocycles. The lowest BCUT2D eigenvalue weighted by molar-refractivity contribution is -0.162. The van der Waals surface area contributed by atoms with E-state index in [1.54, 1.807) is 35.2 Å². The summed E-state index contributed by atoms with van der Waals surface area (Å²) in [5, 5.41) is 11.5. The molecule has 1 aliphatic carbocycles. The Hall–Kier alpha value is -1.53. The lowest BCUT2D eigenvalue weighted by atomic mass is 9.76. The molecule has 0 bridgehead atoms. The maximum atomic E-state index is 13.8. The number of alkyl halides is 2. The van der Waals surface area contributed by atoms with E-state index >= 15 is 0 Å². The van der Waals surface area contributed by atoms with Crippen LogP contribution >= 0.6 is 0 Å². The molecule has 1 amide bonds. The van der Waals surface area contributed by atoms with Gasteiger partial charge in [-0.25, -0.2) is 8.78 Å². The highest BCUT2D eigenvalue weighted by molar-refractivity contribution is 5.87. The van der Waals surface area contributed by atoms with Crippen LogP contribution in [0.1, 0.15) is 44.6 Å². The van der Waals surface area contributed by atoms with Crippen molar-refractivity contribution in [3.8, 4) is 0 Å². The van der Waals surface area contributed by atoms with Crippen LogP contribution in [0.4, 0.5) is 8.78 Å². The third kappa shape index (κ3) is 3.49. The Labute approximate surface area is 153 Å². The summed E-state index contributed by atoms with van der Waals surface area (Å²) in [7, 11) is 0. The SMILES string of the molecule is CC1(CN)CCN(C(=O)[C@](O)(c2ccccc2)[C@@H]2CCC(F)(F)C2)CC1. The Morgan fingerprint density at radius 3 is 2.38 bits per heavy atom. The van der Waals surface area contributed by atoms with Crippen LogP contribution in [0.25, 0.3) is 0 Å². The molecule has 2 aliphatic rings. The van der Waals surface area contributed by atoms with Crippen molar-refractivity contribution in [1.82, 2.24) is 4.90 Å². The number of aliphatic hydroxyl groups is 1. The molecule has 6 heteroatoms. The van der Waals surface area contributed by atoms with Crippen LogP contribution < -0.4 is 5.73 Å². The molecule has 1 saturated heterocycles. The second kappa shape index (κ2) is 6.89. The van der Waals surface area contributed by atoms with E-state index in [2.05, 4.69) is 6.92 Å². The number of likely N-dealkylation sites (tertiary alicyclic amines) is 1. The third-order valence-electron chi connectivity index (χ3n) is 6.28. The molecule has 0 unspecified atom stereocenters. The van der Waals surface area contributed by atoms with Crippen molar-refractivity contribution in [3.63, 3.8) is 0 Å². The number of hydrogen-bond acceptors (Lipinski definition) is 3. The first-order chi connectivity index (χ1) is 12.2. The predicted molar refractivity (Wildman–Crippen MR) is 95.6 cm³/mol. The summed E-state index contributed by atoms with van der Waals surface area (Å²) in [4.78, 5) is 14.9. The average Bonchev–Trinajstić information content (AvgIpc) is 3.02. The van der Waals surface area contributed by atoms with Crippen molar-refractivity contribution in [2.45, 2.75) is 50.6 Å². The van der Waals surface area contributed by atoms with E-state index in [1.165, 1.54) is 0 Å². The second-order valence-electron chi connectivity index (χ2n) is 8.24. The van der Waals surface area contributed by atoms with Gasteiger partial charge in [0.1, 0.15) is 0 Å². The molecule has 0 aromatic heterocycles. The highest BCUT2D eigenvalue weighted by Crippen LogP contribution is 2.48. The number of benzene rings is 1. The van der Waals surface area contributed by atoms with Crippen LogP contribution in [-0.4, -0.2) is 41.5 Å². The predicted octanol–water partition coefficient (Wildman–Crippen LogP) is 2.90. The van der Waals surface area contributed by atoms with Gasteiger partial charge in [0.25, 0.3) is 5.91 Å². The van der Waals surface area contributed by atoms with E-state index in [0.29, 0.717) is 25.2 Å². The van der Waals surface area contributed by atoms with Crippen molar-refractivity contribution >= 4 is 5.91 Å². The molecule has 0 spiro atoms. The number of rotatable bonds is 4. The van der Waals surface area contributed by atoms with E-state index in [-0.39, 0.29) is 18.3 Å². The van der Waals surface area contributed by atoms with E-state index < -0.39 is 29.8 Å². The average molecular weight is 366 g/mol. The fourth-order valence-electron chi connectivity index (χ4n) is 4.23. The number of nitrogens with zero attached hydrogens (tertiary/aromatic N) is 1. The summed E-state index contributed by atoms with van der Waals surface area (Å²) >= 11 is 0. The van der Waals surface area contributed by atoms with Crippen LogP contribution in [0.15, 0.2) is 30.3 Å². The maximum absolute atomic E-state index is 13.8. The number of amides is 1. The van der Waals surface area contributed by atoms with Gasteiger partial charge in [-0.2, -0.15) is 0 Å². The van der Waals surface area contributed by atoms with Crippen molar-refractivity contribution in [2.24, 2.45) is 17.1 Å². The number of piperidine rings is 1. The first-order valence-corrected chi connectivity index (χ1v) is 9.35. The largest absolute Gasteiger partial charge is 0.375 e. The van der Waals surface area contributed by atoms with Gasteiger partial charge in [0, 0.05) is 31.8 Å². The summed E-state index contributed by atoms with van der Waals surface area (Å²) in [5.41, 5.74) is 4.31. The Morgan fingerprint density at radius 2 is 1.88 bits per heavy atom. The molecular formula is C20H28F2N2O2. The normalized spacial score (nSPS) is 27.1. The molecule has 2 atom stereocenters. The minimum absolute atomic E-state index is 0.0119. The fourth-order valence-corrected chi connectivity index (χ4v) is 4.23. The number of hydrogen-bond donors (Lipinski definition) is 2. The molecular weight excluding hydrogens is 338 g/mol. The van der Waals surface area contributed by atoms with E-state index in [4.69, 9.17) is 5.73 Å². The lowest BCUT2D eigenvalue weighted by Gasteiger charge is -2.43. The Morgan fingerprint density at radius 1 is 1.27 bits per heavy atom. The number of carbonyl (C=O) groups excluding carboxylic acids is 1. The van der Waals surface area contributed by atoms with Gasteiger partial charge in [0.15, 0.2) is 5.60 Å². The highest BCUT2D eigenvalue weighted by Gasteiger charge is 2.54. The molecule has 4 nitrogen and oxygen atoms in total. The summed E-state index contributed by atoms with van der Waals surface area (Å²) in [6, 6.07) is 8.54. The highest BCUT2D eigenvalue weighted by atomic mass is 19.3. The summed E-state index contributed by atoms with van der Waals surface area (Å²) in [6.45, 7) is 3.62. The number of halogens is 2. The molecule has 1 aromatic carbocycles. The van der Waals surface area contributed by atoms with Crippen LogP contribution in [0, 0.1) is 11.3 Å². The summed E-state index contributed by atoms with van der Waals surface area (Å²) in [6.07, 6.45) is 0.893. The van der Waals surface area contributed by atoms with E-state index in [1.807, 2.05) is 0 Å². The molecule has 3 rings (SSSR count). The van der Waals surface area contributed by atoms with Crippen molar-refractivity contribution in [3.05, 3.63) is 35.9 Å². The van der Waals surface area contributed by atoms with Crippen molar-refractivity contribution in [1.29, 1.82) is 0 Å². The summed E-state index contributed by atoms with van der Waals surface area (Å²) in [5.74, 6) is -4.06. The van der Waals surface area contributed by atoms with Crippen LogP contribution in [0.2, 0.25) is 0 Å². The second-order valence-corrected chi connectivity index (χ2v) is 8.24. The Kier molecular flexibility index (Phi) is 5.10. The monoisotopic (exact) mass is 366 g/mol. The Balaban J connectivity index is 1.88. The molecule has 144 valence electrons. The first-order valence-electron chi connectivity index (χ1n) is 9.35. The van der Waals surface area contributed by atoms with E-state index in [9.17, 15) is 18.7 Å². The van der Waals surface area contributed by atoms with Gasteiger partial charge < -0.3 is 15.7 Å². The van der Waals surface area contributed by atoms with Gasteiger partial charge in [0.2, 0.25) is 5.92 Å². The van der Waals surface area contributed by atoms with E-state index in [0.717, 1.165) is 12.8 Å². The lowest BCUT2D eigenvalue weighted by Crippen LogP contribution is -2.54. The molecule has 1 aromatic rings. The van der Waals surface area contributed by atoms with Gasteiger partial charge in [-0.1, -0.05) is 37.3 Å². The van der Waals surface area contributed by atoms with Gasteiger partial charge in [-0.05, 0) is 36.8 Å². The van der Waals surface area contributed by atoms with Crippen LogP contribution in [-0.2, 0) is 10.4 Å². The molecule has 2 fully saturated rings. The topological polar surface area (TPSA) is 66.6 Å². The first kappa shape index (κ1) is 19.2. The molecule has 26 heavy (non-hydrogen) atoms. The standard InChI is InChI=1S/C20H28F2N2O2/c1-18(14-23)9-11-24(12-10-18)17(25)20(26,15-5-3-2-4-6-15)16-7-8-19(21,22)13-16/h2-6,16,26H,7-14,23H2,1H3/t16-,20+/m1/s1. The molecule has 0 radical (unpaired) electrons. The molecule has 3 N–H and O–H groups in total. The molecule has 1 heterocycles. The fraction of sp³-hybridized carbons (Fsp3) is 0.650. The van der Waals surface area contributed by atoms with Crippen LogP contribution in [0.3, 0.4) is 0 Å². The van der Waals surface area contributed by atoms with Gasteiger partial charge in [-0.3, -0.25) is 4.79 Å².